The minimum atomic E-state index is 0.502. The summed E-state index contributed by atoms with van der Waals surface area (Å²) in [5.74, 6) is 1.86. The molecular formula is C16H32N+. The van der Waals surface area contributed by atoms with E-state index in [2.05, 4.69) is 41.7 Å². The fourth-order valence-corrected chi connectivity index (χ4v) is 4.32. The Hall–Kier alpha value is -0.0400. The molecule has 1 saturated carbocycles. The van der Waals surface area contributed by atoms with Crippen LogP contribution in [-0.2, 0) is 0 Å². The van der Waals surface area contributed by atoms with Gasteiger partial charge in [0.05, 0.1) is 25.7 Å². The van der Waals surface area contributed by atoms with E-state index >= 15 is 0 Å². The van der Waals surface area contributed by atoms with Crippen LogP contribution in [0.2, 0.25) is 0 Å². The standard InChI is InChI=1S/C16H32N/c1-13-8-10-17(6,12-13)16(5)9-7-14(11-16)15(2,3)4/h13-14H,7-12H2,1-6H3/q+1. The van der Waals surface area contributed by atoms with Crippen LogP contribution in [0.1, 0.15) is 60.3 Å². The van der Waals surface area contributed by atoms with Crippen LogP contribution in [0.15, 0.2) is 0 Å². The number of likely N-dealkylation sites (tertiary alicyclic amines) is 1. The van der Waals surface area contributed by atoms with Crippen LogP contribution in [0, 0.1) is 17.3 Å². The lowest BCUT2D eigenvalue weighted by Crippen LogP contribution is -2.58. The van der Waals surface area contributed by atoms with Crippen molar-refractivity contribution in [2.75, 3.05) is 20.1 Å². The van der Waals surface area contributed by atoms with Gasteiger partial charge in [0.25, 0.3) is 0 Å². The highest BCUT2D eigenvalue weighted by molar-refractivity contribution is 4.93. The molecular weight excluding hydrogens is 206 g/mol. The Kier molecular flexibility index (Phi) is 3.14. The zero-order chi connectivity index (χ0) is 12.9. The minimum absolute atomic E-state index is 0.502. The largest absolute Gasteiger partial charge is 0.321 e. The van der Waals surface area contributed by atoms with Gasteiger partial charge in [0.15, 0.2) is 0 Å². The molecule has 1 heteroatoms. The molecule has 1 aliphatic heterocycles. The van der Waals surface area contributed by atoms with E-state index in [4.69, 9.17) is 0 Å². The first-order chi connectivity index (χ1) is 7.66. The van der Waals surface area contributed by atoms with Crippen LogP contribution in [0.5, 0.6) is 0 Å². The van der Waals surface area contributed by atoms with Crippen LogP contribution >= 0.6 is 0 Å². The summed E-state index contributed by atoms with van der Waals surface area (Å²) in [7, 11) is 2.52. The quantitative estimate of drug-likeness (QED) is 0.604. The van der Waals surface area contributed by atoms with Gasteiger partial charge < -0.3 is 4.48 Å². The van der Waals surface area contributed by atoms with E-state index in [-0.39, 0.29) is 0 Å². The maximum absolute atomic E-state index is 2.57. The second-order valence-corrected chi connectivity index (χ2v) is 8.50. The average Bonchev–Trinajstić information content (AvgIpc) is 2.72. The molecule has 0 radical (unpaired) electrons. The maximum atomic E-state index is 2.57. The third kappa shape index (κ3) is 2.28. The molecule has 0 N–H and O–H groups in total. The number of hydrogen-bond donors (Lipinski definition) is 0. The van der Waals surface area contributed by atoms with Crippen molar-refractivity contribution in [1.82, 2.24) is 0 Å². The molecule has 1 aliphatic carbocycles. The molecule has 1 nitrogen and oxygen atoms in total. The molecule has 1 saturated heterocycles. The third-order valence-corrected chi connectivity index (χ3v) is 6.08. The Morgan fingerprint density at radius 1 is 1.18 bits per heavy atom. The maximum Gasteiger partial charge on any atom is 0.0965 e. The lowest BCUT2D eigenvalue weighted by atomic mass is 9.78. The smallest absolute Gasteiger partial charge is 0.0965 e. The molecule has 4 unspecified atom stereocenters. The van der Waals surface area contributed by atoms with Gasteiger partial charge in [-0.25, -0.2) is 0 Å². The van der Waals surface area contributed by atoms with Gasteiger partial charge in [0.1, 0.15) is 0 Å². The minimum Gasteiger partial charge on any atom is -0.321 e. The van der Waals surface area contributed by atoms with E-state index in [9.17, 15) is 0 Å². The number of nitrogens with zero attached hydrogens (tertiary/aromatic N) is 1. The summed E-state index contributed by atoms with van der Waals surface area (Å²) in [6, 6.07) is 0. The normalized spacial score (nSPS) is 47.6. The van der Waals surface area contributed by atoms with Crippen molar-refractivity contribution in [3.05, 3.63) is 0 Å². The summed E-state index contributed by atoms with van der Waals surface area (Å²) in [6.45, 7) is 15.1. The van der Waals surface area contributed by atoms with Crippen molar-refractivity contribution in [3.63, 3.8) is 0 Å². The van der Waals surface area contributed by atoms with E-state index in [0.29, 0.717) is 11.0 Å². The van der Waals surface area contributed by atoms with Crippen molar-refractivity contribution in [2.24, 2.45) is 17.3 Å². The van der Waals surface area contributed by atoms with Gasteiger partial charge >= 0.3 is 0 Å². The molecule has 1 heterocycles. The summed E-state index contributed by atoms with van der Waals surface area (Å²) < 4.78 is 1.35. The molecule has 4 atom stereocenters. The van der Waals surface area contributed by atoms with Crippen molar-refractivity contribution in [1.29, 1.82) is 0 Å². The van der Waals surface area contributed by atoms with Gasteiger partial charge in [-0.1, -0.05) is 27.7 Å². The Balaban J connectivity index is 2.12. The Morgan fingerprint density at radius 3 is 2.24 bits per heavy atom. The zero-order valence-corrected chi connectivity index (χ0v) is 12.8. The van der Waals surface area contributed by atoms with Crippen molar-refractivity contribution < 1.29 is 4.48 Å². The second-order valence-electron chi connectivity index (χ2n) is 8.50. The monoisotopic (exact) mass is 238 g/mol. The molecule has 0 aromatic carbocycles. The Labute approximate surface area is 108 Å². The van der Waals surface area contributed by atoms with Gasteiger partial charge in [-0.3, -0.25) is 0 Å². The predicted octanol–water partition coefficient (Wildman–Crippen LogP) is 4.08. The lowest BCUT2D eigenvalue weighted by Gasteiger charge is -2.46. The fraction of sp³-hybridized carbons (Fsp3) is 1.00. The molecule has 0 spiro atoms. The molecule has 17 heavy (non-hydrogen) atoms. The summed E-state index contributed by atoms with van der Waals surface area (Å²) in [4.78, 5) is 0. The van der Waals surface area contributed by atoms with Crippen LogP contribution < -0.4 is 0 Å². The Morgan fingerprint density at radius 2 is 1.82 bits per heavy atom. The summed E-state index contributed by atoms with van der Waals surface area (Å²) in [5, 5.41) is 0. The molecule has 100 valence electrons. The summed E-state index contributed by atoms with van der Waals surface area (Å²) in [5.41, 5.74) is 1.06. The van der Waals surface area contributed by atoms with Crippen LogP contribution in [0.3, 0.4) is 0 Å². The number of hydrogen-bond acceptors (Lipinski definition) is 0. The molecule has 2 fully saturated rings. The highest BCUT2D eigenvalue weighted by atomic mass is 15.4. The summed E-state index contributed by atoms with van der Waals surface area (Å²) >= 11 is 0. The SMILES string of the molecule is CC1CC[N+](C)(C2(C)CCC(C(C)(C)C)C2)C1. The highest BCUT2D eigenvalue weighted by Crippen LogP contribution is 2.50. The van der Waals surface area contributed by atoms with E-state index in [1.165, 1.54) is 43.3 Å². The van der Waals surface area contributed by atoms with Gasteiger partial charge in [0.2, 0.25) is 0 Å². The van der Waals surface area contributed by atoms with E-state index < -0.39 is 0 Å². The van der Waals surface area contributed by atoms with Gasteiger partial charge in [-0.2, -0.15) is 0 Å². The van der Waals surface area contributed by atoms with Crippen molar-refractivity contribution >= 4 is 0 Å². The first-order valence-corrected chi connectivity index (χ1v) is 7.51. The van der Waals surface area contributed by atoms with E-state index in [1.54, 1.807) is 0 Å². The van der Waals surface area contributed by atoms with Crippen molar-refractivity contribution in [2.45, 2.75) is 65.8 Å². The van der Waals surface area contributed by atoms with Gasteiger partial charge in [-0.05, 0) is 24.7 Å². The molecule has 0 aromatic heterocycles. The molecule has 2 aliphatic rings. The van der Waals surface area contributed by atoms with Crippen LogP contribution in [0.25, 0.3) is 0 Å². The fourth-order valence-electron chi connectivity index (χ4n) is 4.32. The van der Waals surface area contributed by atoms with Gasteiger partial charge in [-0.15, -0.1) is 0 Å². The lowest BCUT2D eigenvalue weighted by molar-refractivity contribution is -0.947. The topological polar surface area (TPSA) is 0 Å². The molecule has 0 bridgehead atoms. The van der Waals surface area contributed by atoms with Crippen LogP contribution in [-0.4, -0.2) is 30.2 Å². The molecule has 0 amide bonds. The highest BCUT2D eigenvalue weighted by Gasteiger charge is 2.53. The van der Waals surface area contributed by atoms with E-state index in [1.807, 2.05) is 0 Å². The third-order valence-electron chi connectivity index (χ3n) is 6.08. The number of rotatable bonds is 1. The zero-order valence-electron chi connectivity index (χ0n) is 12.8. The van der Waals surface area contributed by atoms with Crippen LogP contribution in [0.4, 0.5) is 0 Å². The van der Waals surface area contributed by atoms with E-state index in [0.717, 1.165) is 11.8 Å². The van der Waals surface area contributed by atoms with Crippen molar-refractivity contribution in [3.8, 4) is 0 Å². The molecule has 0 aromatic rings. The second kappa shape index (κ2) is 3.98. The molecule has 2 rings (SSSR count). The van der Waals surface area contributed by atoms with Gasteiger partial charge in [0, 0.05) is 25.2 Å². The Bertz CT molecular complexity index is 290. The first kappa shape index (κ1) is 13.4. The average molecular weight is 238 g/mol. The summed E-state index contributed by atoms with van der Waals surface area (Å²) in [6.07, 6.45) is 5.77. The first-order valence-electron chi connectivity index (χ1n) is 7.51. The number of quaternary nitrogens is 1. The predicted molar refractivity (Wildman–Crippen MR) is 74.9 cm³/mol.